The third-order valence-electron chi connectivity index (χ3n) is 3.93. The van der Waals surface area contributed by atoms with Crippen molar-refractivity contribution >= 4 is 5.97 Å². The molecule has 2 unspecified atom stereocenters. The highest BCUT2D eigenvalue weighted by molar-refractivity contribution is 5.69. The molecular weight excluding hydrogens is 254 g/mol. The zero-order valence-corrected chi connectivity index (χ0v) is 12.2. The average Bonchev–Trinajstić information content (AvgIpc) is 2.74. The van der Waals surface area contributed by atoms with Crippen LogP contribution in [0.1, 0.15) is 43.2 Å². The van der Waals surface area contributed by atoms with Gasteiger partial charge in [-0.3, -0.25) is 4.79 Å². The molecule has 2 atom stereocenters. The third kappa shape index (κ3) is 3.31. The number of rotatable bonds is 6. The molecule has 0 radical (unpaired) electrons. The summed E-state index contributed by atoms with van der Waals surface area (Å²) in [6, 6.07) is 6.29. The molecule has 0 fully saturated rings. The lowest BCUT2D eigenvalue weighted by molar-refractivity contribution is -0.143. The summed E-state index contributed by atoms with van der Waals surface area (Å²) < 4.78 is 10.2. The Bertz CT molecular complexity index is 473. The fourth-order valence-electron chi connectivity index (χ4n) is 2.93. The second kappa shape index (κ2) is 6.75. The average molecular weight is 277 g/mol. The van der Waals surface area contributed by atoms with Crippen LogP contribution in [0.5, 0.6) is 5.75 Å². The first-order valence-corrected chi connectivity index (χ1v) is 7.23. The third-order valence-corrected chi connectivity index (χ3v) is 3.93. The summed E-state index contributed by atoms with van der Waals surface area (Å²) >= 11 is 0. The Kier molecular flexibility index (Phi) is 5.01. The van der Waals surface area contributed by atoms with E-state index in [0.29, 0.717) is 18.9 Å². The van der Waals surface area contributed by atoms with Crippen LogP contribution in [0, 0.1) is 0 Å². The summed E-state index contributed by atoms with van der Waals surface area (Å²) in [4.78, 5) is 11.4. The van der Waals surface area contributed by atoms with Gasteiger partial charge < -0.3 is 15.2 Å². The van der Waals surface area contributed by atoms with Crippen LogP contribution >= 0.6 is 0 Å². The van der Waals surface area contributed by atoms with E-state index in [2.05, 4.69) is 12.1 Å². The summed E-state index contributed by atoms with van der Waals surface area (Å²) in [7, 11) is 1.67. The molecule has 0 bridgehead atoms. The molecule has 0 amide bonds. The Morgan fingerprint density at radius 2 is 2.25 bits per heavy atom. The van der Waals surface area contributed by atoms with Crippen LogP contribution < -0.4 is 10.5 Å². The van der Waals surface area contributed by atoms with Crippen molar-refractivity contribution in [2.24, 2.45) is 5.73 Å². The molecule has 0 aromatic heterocycles. The second-order valence-electron chi connectivity index (χ2n) is 5.24. The van der Waals surface area contributed by atoms with Crippen molar-refractivity contribution < 1.29 is 14.3 Å². The number of carbonyl (C=O) groups excluding carboxylic acids is 1. The van der Waals surface area contributed by atoms with E-state index in [1.165, 1.54) is 11.1 Å². The van der Waals surface area contributed by atoms with Gasteiger partial charge in [-0.2, -0.15) is 0 Å². The Morgan fingerprint density at radius 3 is 2.95 bits per heavy atom. The van der Waals surface area contributed by atoms with Crippen LogP contribution in [-0.4, -0.2) is 25.7 Å². The minimum absolute atomic E-state index is 0.120. The lowest BCUT2D eigenvalue weighted by atomic mass is 9.93. The maximum atomic E-state index is 11.4. The Balaban J connectivity index is 1.97. The molecule has 4 heteroatoms. The lowest BCUT2D eigenvalue weighted by Gasteiger charge is -2.16. The van der Waals surface area contributed by atoms with Crippen LogP contribution in [0.4, 0.5) is 0 Å². The van der Waals surface area contributed by atoms with E-state index in [1.54, 1.807) is 7.11 Å². The molecule has 4 nitrogen and oxygen atoms in total. The van der Waals surface area contributed by atoms with E-state index in [1.807, 2.05) is 13.0 Å². The van der Waals surface area contributed by atoms with E-state index in [4.69, 9.17) is 15.2 Å². The van der Waals surface area contributed by atoms with Gasteiger partial charge in [-0.05, 0) is 55.4 Å². The lowest BCUT2D eigenvalue weighted by Crippen LogP contribution is -2.25. The molecular formula is C16H23NO3. The standard InChI is InChI=1S/C16H23NO3/c1-3-20-16(18)6-4-5-13-14-10-12(19-2)8-7-11(14)9-15(13)17/h7-8,10,13,15H,3-6,9,17H2,1-2H3. The molecule has 0 spiro atoms. The van der Waals surface area contributed by atoms with Crippen molar-refractivity contribution in [3.05, 3.63) is 29.3 Å². The van der Waals surface area contributed by atoms with Crippen molar-refractivity contribution in [3.63, 3.8) is 0 Å². The fraction of sp³-hybridized carbons (Fsp3) is 0.562. The van der Waals surface area contributed by atoms with Gasteiger partial charge in [0.1, 0.15) is 5.75 Å². The van der Waals surface area contributed by atoms with E-state index in [9.17, 15) is 4.79 Å². The Morgan fingerprint density at radius 1 is 1.45 bits per heavy atom. The number of nitrogens with two attached hydrogens (primary N) is 1. The quantitative estimate of drug-likeness (QED) is 0.811. The first-order valence-electron chi connectivity index (χ1n) is 7.23. The number of methoxy groups -OCH3 is 1. The first kappa shape index (κ1) is 14.9. The summed E-state index contributed by atoms with van der Waals surface area (Å²) in [6.07, 6.45) is 3.10. The molecule has 0 aliphatic heterocycles. The number of benzene rings is 1. The van der Waals surface area contributed by atoms with Gasteiger partial charge in [-0.1, -0.05) is 6.07 Å². The van der Waals surface area contributed by atoms with Crippen molar-refractivity contribution in [1.82, 2.24) is 0 Å². The number of esters is 1. The van der Waals surface area contributed by atoms with Crippen LogP contribution in [0.15, 0.2) is 18.2 Å². The first-order chi connectivity index (χ1) is 9.65. The van der Waals surface area contributed by atoms with Gasteiger partial charge >= 0.3 is 5.97 Å². The fourth-order valence-corrected chi connectivity index (χ4v) is 2.93. The van der Waals surface area contributed by atoms with Crippen molar-refractivity contribution in [1.29, 1.82) is 0 Å². The number of carbonyl (C=O) groups is 1. The van der Waals surface area contributed by atoms with Crippen LogP contribution in [0.2, 0.25) is 0 Å². The number of ether oxygens (including phenoxy) is 2. The zero-order chi connectivity index (χ0) is 14.5. The molecule has 0 saturated carbocycles. The predicted molar refractivity (Wildman–Crippen MR) is 77.9 cm³/mol. The van der Waals surface area contributed by atoms with Gasteiger partial charge in [0, 0.05) is 12.5 Å². The molecule has 1 aliphatic carbocycles. The minimum Gasteiger partial charge on any atom is -0.497 e. The highest BCUT2D eigenvalue weighted by atomic mass is 16.5. The number of fused-ring (bicyclic) bond motifs is 1. The number of hydrogen-bond donors (Lipinski definition) is 1. The molecule has 0 heterocycles. The SMILES string of the molecule is CCOC(=O)CCCC1c2cc(OC)ccc2CC1N. The zero-order valence-electron chi connectivity index (χ0n) is 12.2. The predicted octanol–water partition coefficient (Wildman–Crippen LogP) is 2.40. The molecule has 110 valence electrons. The van der Waals surface area contributed by atoms with Crippen molar-refractivity contribution in [2.75, 3.05) is 13.7 Å². The van der Waals surface area contributed by atoms with Gasteiger partial charge in [0.05, 0.1) is 13.7 Å². The minimum atomic E-state index is -0.120. The van der Waals surface area contributed by atoms with E-state index in [-0.39, 0.29) is 12.0 Å². The maximum Gasteiger partial charge on any atom is 0.305 e. The molecule has 20 heavy (non-hydrogen) atoms. The van der Waals surface area contributed by atoms with Gasteiger partial charge in [0.15, 0.2) is 0 Å². The van der Waals surface area contributed by atoms with Gasteiger partial charge in [-0.25, -0.2) is 0 Å². The smallest absolute Gasteiger partial charge is 0.305 e. The monoisotopic (exact) mass is 277 g/mol. The second-order valence-corrected chi connectivity index (χ2v) is 5.24. The number of hydrogen-bond acceptors (Lipinski definition) is 4. The van der Waals surface area contributed by atoms with E-state index in [0.717, 1.165) is 25.0 Å². The Labute approximate surface area is 120 Å². The van der Waals surface area contributed by atoms with Crippen molar-refractivity contribution in [3.8, 4) is 5.75 Å². The molecule has 1 aromatic carbocycles. The summed E-state index contributed by atoms with van der Waals surface area (Å²) in [5.41, 5.74) is 8.82. The normalized spacial score (nSPS) is 20.6. The summed E-state index contributed by atoms with van der Waals surface area (Å²) in [6.45, 7) is 2.27. The largest absolute Gasteiger partial charge is 0.497 e. The van der Waals surface area contributed by atoms with Crippen LogP contribution in [0.3, 0.4) is 0 Å². The van der Waals surface area contributed by atoms with Gasteiger partial charge in [-0.15, -0.1) is 0 Å². The molecule has 2 rings (SSSR count). The van der Waals surface area contributed by atoms with Crippen LogP contribution in [-0.2, 0) is 16.0 Å². The summed E-state index contributed by atoms with van der Waals surface area (Å²) in [5.74, 6) is 1.06. The van der Waals surface area contributed by atoms with E-state index >= 15 is 0 Å². The molecule has 1 aromatic rings. The highest BCUT2D eigenvalue weighted by Crippen LogP contribution is 2.37. The van der Waals surface area contributed by atoms with Crippen molar-refractivity contribution in [2.45, 2.75) is 44.6 Å². The summed E-state index contributed by atoms with van der Waals surface area (Å²) in [5, 5.41) is 0. The molecule has 0 saturated heterocycles. The molecule has 2 N–H and O–H groups in total. The van der Waals surface area contributed by atoms with E-state index < -0.39 is 0 Å². The Hall–Kier alpha value is -1.55. The topological polar surface area (TPSA) is 61.5 Å². The van der Waals surface area contributed by atoms with Crippen LogP contribution in [0.25, 0.3) is 0 Å². The maximum absolute atomic E-state index is 11.4. The highest BCUT2D eigenvalue weighted by Gasteiger charge is 2.29. The van der Waals surface area contributed by atoms with Gasteiger partial charge in [0.2, 0.25) is 0 Å². The molecule has 1 aliphatic rings. The van der Waals surface area contributed by atoms with Gasteiger partial charge in [0.25, 0.3) is 0 Å².